The van der Waals surface area contributed by atoms with Crippen LogP contribution in [0.5, 0.6) is 5.75 Å². The maximum Gasteiger partial charge on any atom is 0.182 e. The average molecular weight is 210 g/mol. The molecule has 3 heteroatoms. The summed E-state index contributed by atoms with van der Waals surface area (Å²) in [5.74, 6) is 0.342. The van der Waals surface area contributed by atoms with Gasteiger partial charge in [0.1, 0.15) is 5.75 Å². The first-order valence-electron chi connectivity index (χ1n) is 4.89. The molecule has 0 unspecified atom stereocenters. The third kappa shape index (κ3) is 3.52. The van der Waals surface area contributed by atoms with E-state index in [1.807, 2.05) is 32.2 Å². The average Bonchev–Trinajstić information content (AvgIpc) is 2.06. The molecule has 1 aromatic carbocycles. The molecule has 0 aromatic heterocycles. The van der Waals surface area contributed by atoms with E-state index >= 15 is 0 Å². The Morgan fingerprint density at radius 3 is 2.43 bits per heavy atom. The number of hydrogen-bond acceptors (Lipinski definition) is 2. The van der Waals surface area contributed by atoms with Crippen LogP contribution in [0.1, 0.15) is 11.1 Å². The van der Waals surface area contributed by atoms with E-state index in [2.05, 4.69) is 0 Å². The molecule has 78 valence electrons. The third-order valence-corrected chi connectivity index (χ3v) is 3.76. The van der Waals surface area contributed by atoms with Crippen LogP contribution < -0.4 is 0 Å². The highest BCUT2D eigenvalue weighted by Gasteiger charge is 2.16. The summed E-state index contributed by atoms with van der Waals surface area (Å²) in [7, 11) is -1.93. The zero-order valence-corrected chi connectivity index (χ0v) is 10.0. The van der Waals surface area contributed by atoms with Gasteiger partial charge in [-0.05, 0) is 49.7 Å². The minimum atomic E-state index is -1.93. The van der Waals surface area contributed by atoms with Gasteiger partial charge in [-0.3, -0.25) is 0 Å². The maximum atomic E-state index is 9.69. The highest BCUT2D eigenvalue weighted by atomic mass is 28.4. The Hall–Kier alpha value is -0.803. The minimum absolute atomic E-state index is 0.342. The molecule has 0 fully saturated rings. The molecule has 0 atom stereocenters. The van der Waals surface area contributed by atoms with Gasteiger partial charge in [0.05, 0.1) is 0 Å². The lowest BCUT2D eigenvalue weighted by molar-refractivity contribution is 0.471. The molecule has 2 nitrogen and oxygen atoms in total. The van der Waals surface area contributed by atoms with Gasteiger partial charge in [0.25, 0.3) is 0 Å². The summed E-state index contributed by atoms with van der Waals surface area (Å²) in [5, 5.41) is 9.33. The highest BCUT2D eigenvalue weighted by molar-refractivity contribution is 6.69. The molecule has 0 amide bonds. The molecule has 0 aliphatic heterocycles. The van der Waals surface area contributed by atoms with Crippen LogP contribution in [0.25, 0.3) is 0 Å². The molecule has 1 rings (SSSR count). The van der Waals surface area contributed by atoms with Crippen molar-refractivity contribution in [3.05, 3.63) is 29.3 Å². The van der Waals surface area contributed by atoms with Gasteiger partial charge in [-0.15, -0.1) is 0 Å². The Kier molecular flexibility index (Phi) is 3.34. The number of hydrogen-bond donors (Lipinski definition) is 2. The summed E-state index contributed by atoms with van der Waals surface area (Å²) in [4.78, 5) is 9.69. The van der Waals surface area contributed by atoms with Crippen molar-refractivity contribution in [3.8, 4) is 5.75 Å². The Morgan fingerprint density at radius 1 is 1.29 bits per heavy atom. The molecule has 0 saturated heterocycles. The lowest BCUT2D eigenvalue weighted by atomic mass is 10.1. The minimum Gasteiger partial charge on any atom is -0.508 e. The first-order chi connectivity index (χ1) is 6.38. The molecule has 2 N–H and O–H groups in total. The number of aromatic hydroxyl groups is 1. The quantitative estimate of drug-likeness (QED) is 0.752. The maximum absolute atomic E-state index is 9.69. The molecule has 0 spiro atoms. The van der Waals surface area contributed by atoms with Crippen molar-refractivity contribution < 1.29 is 9.90 Å². The fourth-order valence-electron chi connectivity index (χ4n) is 1.32. The standard InChI is InChI=1S/C11H18O2Si/c1-9-8-10(4-5-11(9)12)6-7-14(2,3)13/h4-5,8,12-13H,6-7H2,1-3H3. The summed E-state index contributed by atoms with van der Waals surface area (Å²) in [6.07, 6.45) is 0.900. The number of phenolic OH excluding ortho intramolecular Hbond substituents is 1. The predicted molar refractivity (Wildman–Crippen MR) is 61.1 cm³/mol. The molecule has 0 saturated carbocycles. The summed E-state index contributed by atoms with van der Waals surface area (Å²) in [5.41, 5.74) is 2.09. The highest BCUT2D eigenvalue weighted by Crippen LogP contribution is 2.19. The van der Waals surface area contributed by atoms with E-state index in [1.165, 1.54) is 5.56 Å². The van der Waals surface area contributed by atoms with Crippen LogP contribution >= 0.6 is 0 Å². The molecular formula is C11H18O2Si. The van der Waals surface area contributed by atoms with E-state index in [0.717, 1.165) is 18.0 Å². The molecule has 0 bridgehead atoms. The lowest BCUT2D eigenvalue weighted by Crippen LogP contribution is -2.25. The number of aryl methyl sites for hydroxylation is 2. The predicted octanol–water partition coefficient (Wildman–Crippen LogP) is 2.44. The number of benzene rings is 1. The van der Waals surface area contributed by atoms with Crippen LogP contribution in [-0.2, 0) is 6.42 Å². The van der Waals surface area contributed by atoms with Crippen LogP contribution in [0.4, 0.5) is 0 Å². The van der Waals surface area contributed by atoms with E-state index < -0.39 is 8.32 Å². The van der Waals surface area contributed by atoms with E-state index in [9.17, 15) is 9.90 Å². The largest absolute Gasteiger partial charge is 0.508 e. The van der Waals surface area contributed by atoms with E-state index in [1.54, 1.807) is 6.07 Å². The number of phenols is 1. The van der Waals surface area contributed by atoms with Gasteiger partial charge in [0.2, 0.25) is 0 Å². The summed E-state index contributed by atoms with van der Waals surface area (Å²) in [6, 6.07) is 6.49. The monoisotopic (exact) mass is 210 g/mol. The van der Waals surface area contributed by atoms with Crippen LogP contribution in [0.2, 0.25) is 19.1 Å². The van der Waals surface area contributed by atoms with E-state index in [4.69, 9.17) is 0 Å². The third-order valence-electron chi connectivity index (χ3n) is 2.29. The fraction of sp³-hybridized carbons (Fsp3) is 0.455. The van der Waals surface area contributed by atoms with Crippen molar-refractivity contribution in [1.29, 1.82) is 0 Å². The van der Waals surface area contributed by atoms with Gasteiger partial charge in [-0.2, -0.15) is 0 Å². The van der Waals surface area contributed by atoms with Crippen molar-refractivity contribution in [1.82, 2.24) is 0 Å². The van der Waals surface area contributed by atoms with E-state index in [0.29, 0.717) is 5.75 Å². The summed E-state index contributed by atoms with van der Waals surface area (Å²) in [6.45, 7) is 5.78. The van der Waals surface area contributed by atoms with Crippen molar-refractivity contribution in [3.63, 3.8) is 0 Å². The number of rotatable bonds is 3. The van der Waals surface area contributed by atoms with Crippen LogP contribution in [0.3, 0.4) is 0 Å². The van der Waals surface area contributed by atoms with Gasteiger partial charge in [0.15, 0.2) is 8.32 Å². The van der Waals surface area contributed by atoms with Crippen LogP contribution in [0.15, 0.2) is 18.2 Å². The molecule has 0 heterocycles. The Bertz CT molecular complexity index is 316. The Balaban J connectivity index is 2.65. The Labute approximate surface area is 86.3 Å². The zero-order chi connectivity index (χ0) is 10.8. The lowest BCUT2D eigenvalue weighted by Gasteiger charge is -2.13. The molecule has 1 aromatic rings. The second kappa shape index (κ2) is 4.15. The second-order valence-electron chi connectivity index (χ2n) is 4.43. The SMILES string of the molecule is Cc1cc(CC[Si](C)(C)O)ccc1O. The molecule has 0 aliphatic rings. The van der Waals surface area contributed by atoms with Gasteiger partial charge in [0, 0.05) is 0 Å². The van der Waals surface area contributed by atoms with Gasteiger partial charge in [-0.25, -0.2) is 0 Å². The van der Waals surface area contributed by atoms with Crippen LogP contribution in [-0.4, -0.2) is 18.2 Å². The summed E-state index contributed by atoms with van der Waals surface area (Å²) < 4.78 is 0. The van der Waals surface area contributed by atoms with Crippen molar-refractivity contribution >= 4 is 8.32 Å². The van der Waals surface area contributed by atoms with Gasteiger partial charge >= 0.3 is 0 Å². The zero-order valence-electron chi connectivity index (χ0n) is 9.04. The molecule has 14 heavy (non-hydrogen) atoms. The van der Waals surface area contributed by atoms with Crippen LogP contribution in [0, 0.1) is 6.92 Å². The van der Waals surface area contributed by atoms with Crippen molar-refractivity contribution in [2.45, 2.75) is 32.5 Å². The second-order valence-corrected chi connectivity index (χ2v) is 8.56. The topological polar surface area (TPSA) is 40.5 Å². The smallest absolute Gasteiger partial charge is 0.182 e. The van der Waals surface area contributed by atoms with Gasteiger partial charge in [-0.1, -0.05) is 12.1 Å². The Morgan fingerprint density at radius 2 is 1.93 bits per heavy atom. The first kappa shape index (κ1) is 11.3. The summed E-state index contributed by atoms with van der Waals surface area (Å²) >= 11 is 0. The molecular weight excluding hydrogens is 192 g/mol. The fourth-order valence-corrected chi connectivity index (χ4v) is 2.22. The first-order valence-corrected chi connectivity index (χ1v) is 8.05. The van der Waals surface area contributed by atoms with E-state index in [-0.39, 0.29) is 0 Å². The molecule has 0 radical (unpaired) electrons. The normalized spacial score (nSPS) is 11.7. The van der Waals surface area contributed by atoms with Crippen molar-refractivity contribution in [2.24, 2.45) is 0 Å². The van der Waals surface area contributed by atoms with Crippen molar-refractivity contribution in [2.75, 3.05) is 0 Å². The molecule has 0 aliphatic carbocycles. The van der Waals surface area contributed by atoms with Gasteiger partial charge < -0.3 is 9.90 Å².